The van der Waals surface area contributed by atoms with Crippen molar-refractivity contribution in [2.24, 2.45) is 0 Å². The number of benzene rings is 3. The number of hydrogen-bond acceptors (Lipinski definition) is 4. The number of hydrogen-bond donors (Lipinski definition) is 2. The van der Waals surface area contributed by atoms with Gasteiger partial charge in [-0.15, -0.1) is 0 Å². The molecule has 2 amide bonds. The molecule has 0 bridgehead atoms. The Morgan fingerprint density at radius 1 is 0.903 bits per heavy atom. The van der Waals surface area contributed by atoms with Crippen molar-refractivity contribution in [2.45, 2.75) is 19.4 Å². The van der Waals surface area contributed by atoms with E-state index < -0.39 is 6.10 Å². The summed E-state index contributed by atoms with van der Waals surface area (Å²) in [6.07, 6.45) is -0.0340. The number of anilines is 1. The average molecular weight is 418 g/mol. The maximum absolute atomic E-state index is 12.7. The number of ether oxygens (including phenoxy) is 2. The molecule has 0 radical (unpaired) electrons. The van der Waals surface area contributed by atoms with Crippen molar-refractivity contribution >= 4 is 17.5 Å². The van der Waals surface area contributed by atoms with Gasteiger partial charge in [0.1, 0.15) is 11.5 Å². The fourth-order valence-corrected chi connectivity index (χ4v) is 3.02. The third-order valence-corrected chi connectivity index (χ3v) is 4.69. The summed E-state index contributed by atoms with van der Waals surface area (Å²) in [4.78, 5) is 25.3. The summed E-state index contributed by atoms with van der Waals surface area (Å²) in [5, 5.41) is 5.70. The van der Waals surface area contributed by atoms with Gasteiger partial charge in [-0.05, 0) is 43.2 Å². The molecule has 2 N–H and O–H groups in total. The van der Waals surface area contributed by atoms with Gasteiger partial charge in [0.2, 0.25) is 0 Å². The fraction of sp³-hybridized carbons (Fsp3) is 0.200. The SMILES string of the molecule is COc1cccc(O[C@@H](C)C(=O)Nc2ccccc2C(=O)NCCc2ccccc2)c1. The first-order valence-corrected chi connectivity index (χ1v) is 10.1. The molecule has 6 nitrogen and oxygen atoms in total. The number of carbonyl (C=O) groups excluding carboxylic acids is 2. The van der Waals surface area contributed by atoms with E-state index in [0.29, 0.717) is 29.3 Å². The van der Waals surface area contributed by atoms with Crippen molar-refractivity contribution in [1.29, 1.82) is 0 Å². The fourth-order valence-electron chi connectivity index (χ4n) is 3.02. The van der Waals surface area contributed by atoms with Gasteiger partial charge in [-0.1, -0.05) is 48.5 Å². The van der Waals surface area contributed by atoms with Crippen LogP contribution in [0.25, 0.3) is 0 Å². The van der Waals surface area contributed by atoms with Crippen molar-refractivity contribution in [3.05, 3.63) is 90.0 Å². The molecule has 0 saturated carbocycles. The molecule has 0 heterocycles. The maximum atomic E-state index is 12.7. The molecule has 0 aliphatic carbocycles. The Bertz CT molecular complexity index is 1020. The number of amides is 2. The van der Waals surface area contributed by atoms with Gasteiger partial charge in [0.15, 0.2) is 6.10 Å². The average Bonchev–Trinajstić information content (AvgIpc) is 2.80. The summed E-state index contributed by atoms with van der Waals surface area (Å²) >= 11 is 0. The van der Waals surface area contributed by atoms with E-state index in [1.165, 1.54) is 0 Å². The Balaban J connectivity index is 1.59. The van der Waals surface area contributed by atoms with E-state index in [9.17, 15) is 9.59 Å². The van der Waals surface area contributed by atoms with Crippen LogP contribution in [0.1, 0.15) is 22.8 Å². The zero-order chi connectivity index (χ0) is 22.1. The molecule has 0 fully saturated rings. The van der Waals surface area contributed by atoms with E-state index in [-0.39, 0.29) is 11.8 Å². The van der Waals surface area contributed by atoms with Crippen molar-refractivity contribution in [1.82, 2.24) is 5.32 Å². The van der Waals surface area contributed by atoms with Crippen LogP contribution in [0.3, 0.4) is 0 Å². The van der Waals surface area contributed by atoms with Gasteiger partial charge in [0.25, 0.3) is 11.8 Å². The molecule has 3 rings (SSSR count). The first-order valence-electron chi connectivity index (χ1n) is 10.1. The summed E-state index contributed by atoms with van der Waals surface area (Å²) in [6.45, 7) is 2.15. The maximum Gasteiger partial charge on any atom is 0.265 e. The van der Waals surface area contributed by atoms with Gasteiger partial charge in [-0.25, -0.2) is 0 Å². The van der Waals surface area contributed by atoms with Gasteiger partial charge in [-0.2, -0.15) is 0 Å². The van der Waals surface area contributed by atoms with Gasteiger partial charge in [0, 0.05) is 12.6 Å². The summed E-state index contributed by atoms with van der Waals surface area (Å²) in [5.74, 6) is 0.567. The van der Waals surface area contributed by atoms with Crippen LogP contribution in [0.2, 0.25) is 0 Å². The second kappa shape index (κ2) is 10.8. The molecule has 31 heavy (non-hydrogen) atoms. The van der Waals surface area contributed by atoms with Crippen LogP contribution in [0.4, 0.5) is 5.69 Å². The van der Waals surface area contributed by atoms with Gasteiger partial charge in [0.05, 0.1) is 18.4 Å². The van der Waals surface area contributed by atoms with Crippen LogP contribution in [-0.2, 0) is 11.2 Å². The summed E-state index contributed by atoms with van der Waals surface area (Å²) in [5.41, 5.74) is 1.98. The van der Waals surface area contributed by atoms with E-state index in [2.05, 4.69) is 10.6 Å². The monoisotopic (exact) mass is 418 g/mol. The standard InChI is InChI=1S/C25H26N2O4/c1-18(31-21-12-8-11-20(17-21)30-2)24(28)27-23-14-7-6-13-22(23)25(29)26-16-15-19-9-4-3-5-10-19/h3-14,17-18H,15-16H2,1-2H3,(H,26,29)(H,27,28)/t18-/m0/s1. The molecule has 0 aromatic heterocycles. The molecule has 0 saturated heterocycles. The van der Waals surface area contributed by atoms with E-state index in [1.54, 1.807) is 62.6 Å². The summed E-state index contributed by atoms with van der Waals surface area (Å²) in [6, 6.07) is 23.9. The molecule has 6 heteroatoms. The molecule has 3 aromatic rings. The van der Waals surface area contributed by atoms with E-state index in [1.807, 2.05) is 30.3 Å². The highest BCUT2D eigenvalue weighted by Gasteiger charge is 2.18. The number of carbonyl (C=O) groups is 2. The van der Waals surface area contributed by atoms with E-state index >= 15 is 0 Å². The first-order chi connectivity index (χ1) is 15.1. The lowest BCUT2D eigenvalue weighted by atomic mass is 10.1. The van der Waals surface area contributed by atoms with Crippen LogP contribution in [0.15, 0.2) is 78.9 Å². The number of rotatable bonds is 9. The lowest BCUT2D eigenvalue weighted by Gasteiger charge is -2.17. The van der Waals surface area contributed by atoms with Crippen molar-refractivity contribution in [3.63, 3.8) is 0 Å². The van der Waals surface area contributed by atoms with Crippen molar-refractivity contribution < 1.29 is 19.1 Å². The second-order valence-corrected chi connectivity index (χ2v) is 6.97. The highest BCUT2D eigenvalue weighted by atomic mass is 16.5. The van der Waals surface area contributed by atoms with Gasteiger partial charge >= 0.3 is 0 Å². The highest BCUT2D eigenvalue weighted by Crippen LogP contribution is 2.21. The third kappa shape index (κ3) is 6.34. The zero-order valence-corrected chi connectivity index (χ0v) is 17.6. The topological polar surface area (TPSA) is 76.7 Å². The predicted molar refractivity (Wildman–Crippen MR) is 121 cm³/mol. The molecular weight excluding hydrogens is 392 g/mol. The lowest BCUT2D eigenvalue weighted by Crippen LogP contribution is -2.32. The Kier molecular flexibility index (Phi) is 7.65. The van der Waals surface area contributed by atoms with Crippen LogP contribution in [0, 0.1) is 0 Å². The smallest absolute Gasteiger partial charge is 0.265 e. The Labute approximate surface area is 182 Å². The molecule has 0 spiro atoms. The van der Waals surface area contributed by atoms with Crippen molar-refractivity contribution in [2.75, 3.05) is 19.0 Å². The molecule has 0 aliphatic heterocycles. The minimum absolute atomic E-state index is 0.242. The summed E-state index contributed by atoms with van der Waals surface area (Å²) < 4.78 is 10.9. The Hall–Kier alpha value is -3.80. The molecule has 3 aromatic carbocycles. The Morgan fingerprint density at radius 3 is 2.39 bits per heavy atom. The van der Waals surface area contributed by atoms with Gasteiger partial charge in [-0.3, -0.25) is 9.59 Å². The Morgan fingerprint density at radius 2 is 1.61 bits per heavy atom. The van der Waals surface area contributed by atoms with Crippen LogP contribution < -0.4 is 20.1 Å². The second-order valence-electron chi connectivity index (χ2n) is 6.97. The largest absolute Gasteiger partial charge is 0.497 e. The van der Waals surface area contributed by atoms with Gasteiger partial charge < -0.3 is 20.1 Å². The van der Waals surface area contributed by atoms with Crippen LogP contribution >= 0.6 is 0 Å². The molecule has 0 aliphatic rings. The number of methoxy groups -OCH3 is 1. The molecule has 160 valence electrons. The normalized spacial score (nSPS) is 11.3. The lowest BCUT2D eigenvalue weighted by molar-refractivity contribution is -0.122. The molecule has 1 atom stereocenters. The number of nitrogens with one attached hydrogen (secondary N) is 2. The molecular formula is C25H26N2O4. The molecule has 0 unspecified atom stereocenters. The van der Waals surface area contributed by atoms with Crippen molar-refractivity contribution in [3.8, 4) is 11.5 Å². The quantitative estimate of drug-likeness (QED) is 0.549. The highest BCUT2D eigenvalue weighted by molar-refractivity contribution is 6.04. The minimum atomic E-state index is -0.763. The predicted octanol–water partition coefficient (Wildman–Crippen LogP) is 4.07. The summed E-state index contributed by atoms with van der Waals surface area (Å²) in [7, 11) is 1.57. The number of para-hydroxylation sites is 1. The minimum Gasteiger partial charge on any atom is -0.497 e. The van der Waals surface area contributed by atoms with E-state index in [0.717, 1.165) is 12.0 Å². The zero-order valence-electron chi connectivity index (χ0n) is 17.6. The van der Waals surface area contributed by atoms with E-state index in [4.69, 9.17) is 9.47 Å². The third-order valence-electron chi connectivity index (χ3n) is 4.69. The van der Waals surface area contributed by atoms with Crippen LogP contribution in [-0.4, -0.2) is 31.6 Å². The first kappa shape index (κ1) is 21.9. The van der Waals surface area contributed by atoms with Crippen LogP contribution in [0.5, 0.6) is 11.5 Å².